The number of aliphatic hydroxyl groups is 4. The average Bonchev–Trinajstić information content (AvgIpc) is 2.29. The summed E-state index contributed by atoms with van der Waals surface area (Å²) in [5.41, 5.74) is 0. The van der Waals surface area contributed by atoms with Crippen molar-refractivity contribution in [3.63, 3.8) is 0 Å². The topological polar surface area (TPSA) is 138 Å². The van der Waals surface area contributed by atoms with Crippen LogP contribution in [0.4, 0.5) is 0 Å². The maximum atomic E-state index is 10.4. The molecule has 0 bridgehead atoms. The van der Waals surface area contributed by atoms with E-state index in [1.165, 1.54) is 0 Å². The van der Waals surface area contributed by atoms with Gasteiger partial charge in [0, 0.05) is 0 Å². The first-order valence-corrected chi connectivity index (χ1v) is 4.97. The molecule has 1 aliphatic rings. The summed E-state index contributed by atoms with van der Waals surface area (Å²) >= 11 is 0. The van der Waals surface area contributed by atoms with E-state index in [4.69, 9.17) is 14.6 Å². The highest BCUT2D eigenvalue weighted by Crippen LogP contribution is 2.21. The van der Waals surface area contributed by atoms with Crippen molar-refractivity contribution in [1.29, 1.82) is 0 Å². The minimum absolute atomic E-state index is 0.268. The molecule has 0 saturated carbocycles. The van der Waals surface area contributed by atoms with Gasteiger partial charge in [0.15, 0.2) is 13.3 Å². The van der Waals surface area contributed by atoms with Gasteiger partial charge in [-0.25, -0.2) is 0 Å². The lowest BCUT2D eigenvalue weighted by atomic mass is 9.99. The number of azo groups is 1. The second kappa shape index (κ2) is 6.19. The Kier molecular flexibility index (Phi) is 5.18. The zero-order valence-corrected chi connectivity index (χ0v) is 9.21. The Balaban J connectivity index is 2.56. The van der Waals surface area contributed by atoms with Crippen LogP contribution in [0.2, 0.25) is 0 Å². The fourth-order valence-electron chi connectivity index (χ4n) is 1.39. The van der Waals surface area contributed by atoms with Crippen LogP contribution >= 0.6 is 0 Å². The molecule has 0 radical (unpaired) electrons. The van der Waals surface area contributed by atoms with Crippen molar-refractivity contribution in [3.05, 3.63) is 5.21 Å². The normalized spacial score (nSPS) is 39.4. The quantitative estimate of drug-likeness (QED) is 0.243. The highest BCUT2D eigenvalue weighted by molar-refractivity contribution is 4.88. The summed E-state index contributed by atoms with van der Waals surface area (Å²) < 4.78 is 9.89. The molecule has 0 spiro atoms. The Morgan fingerprint density at radius 1 is 1.29 bits per heavy atom. The first-order chi connectivity index (χ1) is 7.97. The van der Waals surface area contributed by atoms with Crippen LogP contribution in [0.3, 0.4) is 0 Å². The largest absolute Gasteiger partial charge is 0.600 e. The molecule has 1 rings (SSSR count). The third-order valence-electron chi connectivity index (χ3n) is 2.34. The van der Waals surface area contributed by atoms with Gasteiger partial charge in [-0.2, -0.15) is 0 Å². The Bertz CT molecular complexity index is 269. The van der Waals surface area contributed by atoms with Crippen molar-refractivity contribution < 1.29 is 34.8 Å². The van der Waals surface area contributed by atoms with E-state index in [0.717, 1.165) is 7.05 Å². The lowest BCUT2D eigenvalue weighted by Crippen LogP contribution is -2.59. The molecule has 1 fully saturated rings. The van der Waals surface area contributed by atoms with Gasteiger partial charge in [0.2, 0.25) is 6.73 Å². The van der Waals surface area contributed by atoms with Crippen molar-refractivity contribution in [2.75, 3.05) is 20.4 Å². The van der Waals surface area contributed by atoms with Crippen molar-refractivity contribution in [2.45, 2.75) is 30.7 Å². The summed E-state index contributed by atoms with van der Waals surface area (Å²) in [6, 6.07) is 0. The molecule has 100 valence electrons. The highest BCUT2D eigenvalue weighted by Gasteiger charge is 2.44. The van der Waals surface area contributed by atoms with E-state index in [2.05, 4.69) is 5.11 Å². The molecule has 17 heavy (non-hydrogen) atoms. The van der Waals surface area contributed by atoms with Crippen molar-refractivity contribution in [2.24, 2.45) is 5.11 Å². The number of nitrogens with zero attached hydrogens (tertiary/aromatic N) is 2. The predicted molar refractivity (Wildman–Crippen MR) is 51.7 cm³/mol. The van der Waals surface area contributed by atoms with Gasteiger partial charge in [-0.3, -0.25) is 0 Å². The van der Waals surface area contributed by atoms with Crippen LogP contribution in [-0.4, -0.2) is 76.4 Å². The Hall–Kier alpha value is -0.840. The third-order valence-corrected chi connectivity index (χ3v) is 2.34. The van der Waals surface area contributed by atoms with Crippen molar-refractivity contribution in [3.8, 4) is 0 Å². The molecule has 5 atom stereocenters. The molecule has 9 heteroatoms. The highest BCUT2D eigenvalue weighted by atomic mass is 16.7. The minimum Gasteiger partial charge on any atom is -0.600 e. The monoisotopic (exact) mass is 252 g/mol. The third kappa shape index (κ3) is 3.56. The molecular weight excluding hydrogens is 236 g/mol. The molecule has 4 N–H and O–H groups in total. The standard InChI is InChI=1S/C8H16N2O7/c1-10(15)9-3-16-8-7(14)6(13)5(12)4(2-11)17-8/h4-8,11-14H,2-3H2,1H3/t4-,5-,6+,7-,8-/m1/s1. The Labute approximate surface area is 97.1 Å². The lowest BCUT2D eigenvalue weighted by Gasteiger charge is -2.39. The van der Waals surface area contributed by atoms with Gasteiger partial charge >= 0.3 is 0 Å². The van der Waals surface area contributed by atoms with Crippen LogP contribution < -0.4 is 0 Å². The van der Waals surface area contributed by atoms with Crippen molar-refractivity contribution >= 4 is 0 Å². The van der Waals surface area contributed by atoms with Crippen molar-refractivity contribution in [1.82, 2.24) is 0 Å². The fraction of sp³-hybridized carbons (Fsp3) is 1.00. The number of aliphatic hydroxyl groups excluding tert-OH is 4. The van der Waals surface area contributed by atoms with Gasteiger partial charge in [-0.05, 0) is 5.11 Å². The summed E-state index contributed by atoms with van der Waals surface area (Å²) in [4.78, 5) is 0.268. The van der Waals surface area contributed by atoms with Gasteiger partial charge in [0.25, 0.3) is 0 Å². The predicted octanol–water partition coefficient (Wildman–Crippen LogP) is -2.65. The van der Waals surface area contributed by atoms with E-state index >= 15 is 0 Å². The molecule has 0 aromatic carbocycles. The SMILES string of the molecule is C[N+]([O-])=NCO[C@@H]1O[C@H](CO)[C@@H](O)[C@H](O)[C@H]1O. The molecule has 0 aromatic heterocycles. The Morgan fingerprint density at radius 3 is 2.47 bits per heavy atom. The number of hydrogen-bond donors (Lipinski definition) is 4. The smallest absolute Gasteiger partial charge is 0.203 e. The molecule has 0 amide bonds. The van der Waals surface area contributed by atoms with Gasteiger partial charge in [-0.15, -0.1) is 0 Å². The number of hydrogen-bond acceptors (Lipinski definition) is 8. The van der Waals surface area contributed by atoms with E-state index < -0.39 is 37.3 Å². The summed E-state index contributed by atoms with van der Waals surface area (Å²) in [6.07, 6.45) is -6.73. The molecule has 0 unspecified atom stereocenters. The maximum Gasteiger partial charge on any atom is 0.203 e. The van der Waals surface area contributed by atoms with Gasteiger partial charge in [-0.1, -0.05) is 4.86 Å². The summed E-state index contributed by atoms with van der Waals surface area (Å²) in [5.74, 6) is 0. The van der Waals surface area contributed by atoms with E-state index in [0.29, 0.717) is 0 Å². The van der Waals surface area contributed by atoms with Gasteiger partial charge < -0.3 is 35.1 Å². The second-order valence-corrected chi connectivity index (χ2v) is 3.60. The summed E-state index contributed by atoms with van der Waals surface area (Å²) in [7, 11) is 1.15. The molecule has 9 nitrogen and oxygen atoms in total. The van der Waals surface area contributed by atoms with E-state index in [-0.39, 0.29) is 11.6 Å². The van der Waals surface area contributed by atoms with Gasteiger partial charge in [0.1, 0.15) is 24.4 Å². The van der Waals surface area contributed by atoms with Crippen LogP contribution in [0.25, 0.3) is 0 Å². The lowest BCUT2D eigenvalue weighted by molar-refractivity contribution is -0.505. The van der Waals surface area contributed by atoms with Crippen LogP contribution in [0.15, 0.2) is 5.11 Å². The molecule has 1 heterocycles. The van der Waals surface area contributed by atoms with Gasteiger partial charge in [0.05, 0.1) is 6.61 Å². The van der Waals surface area contributed by atoms with E-state index in [1.54, 1.807) is 0 Å². The zero-order chi connectivity index (χ0) is 13.0. The first kappa shape index (κ1) is 14.2. The summed E-state index contributed by atoms with van der Waals surface area (Å²) in [5, 5.41) is 51.0. The number of rotatable bonds is 4. The van der Waals surface area contributed by atoms with Crippen LogP contribution in [0, 0.1) is 5.21 Å². The van der Waals surface area contributed by atoms with Crippen LogP contribution in [0.5, 0.6) is 0 Å². The minimum atomic E-state index is -1.50. The number of hydroxylamine groups is 1. The van der Waals surface area contributed by atoms with E-state index in [1.807, 2.05) is 0 Å². The van der Waals surface area contributed by atoms with E-state index in [9.17, 15) is 20.5 Å². The fourth-order valence-corrected chi connectivity index (χ4v) is 1.39. The second-order valence-electron chi connectivity index (χ2n) is 3.60. The molecule has 0 aromatic rings. The number of ether oxygens (including phenoxy) is 2. The molecule has 1 saturated heterocycles. The molecule has 0 aliphatic carbocycles. The maximum absolute atomic E-state index is 10.4. The Morgan fingerprint density at radius 2 is 1.94 bits per heavy atom. The summed E-state index contributed by atoms with van der Waals surface area (Å²) in [6.45, 7) is -0.911. The average molecular weight is 252 g/mol. The first-order valence-electron chi connectivity index (χ1n) is 4.97. The van der Waals surface area contributed by atoms with Crippen LogP contribution in [0.1, 0.15) is 0 Å². The molecule has 1 aliphatic heterocycles. The molecular formula is C8H16N2O7. The van der Waals surface area contributed by atoms with Crippen LogP contribution in [-0.2, 0) is 9.47 Å². The zero-order valence-electron chi connectivity index (χ0n) is 9.21.